The van der Waals surface area contributed by atoms with Gasteiger partial charge in [0.15, 0.2) is 11.0 Å². The highest BCUT2D eigenvalue weighted by Gasteiger charge is 2.19. The summed E-state index contributed by atoms with van der Waals surface area (Å²) in [5.41, 5.74) is 1.66. The van der Waals surface area contributed by atoms with Crippen LogP contribution in [0.3, 0.4) is 0 Å². The summed E-state index contributed by atoms with van der Waals surface area (Å²) in [6.07, 6.45) is 0.783. The number of carbonyl (C=O) groups excluding carboxylic acids is 1. The second kappa shape index (κ2) is 9.38. The smallest absolute Gasteiger partial charge is 0.236 e. The number of halogens is 1. The predicted octanol–water partition coefficient (Wildman–Crippen LogP) is 4.73. The van der Waals surface area contributed by atoms with Crippen LogP contribution in [0.15, 0.2) is 59.8 Å². The molecule has 10 heteroatoms. The molecule has 0 aliphatic heterocycles. The first-order valence-corrected chi connectivity index (χ1v) is 11.3. The van der Waals surface area contributed by atoms with Crippen LogP contribution in [0.1, 0.15) is 11.9 Å². The third kappa shape index (κ3) is 4.53. The summed E-state index contributed by atoms with van der Waals surface area (Å²) in [5, 5.41) is 22.0. The molecular weight excluding hydrogens is 440 g/mol. The van der Waals surface area contributed by atoms with Crippen molar-refractivity contribution in [3.05, 3.63) is 64.6 Å². The van der Waals surface area contributed by atoms with Crippen LogP contribution in [0.5, 0.6) is 0 Å². The van der Waals surface area contributed by atoms with E-state index in [4.69, 9.17) is 11.6 Å². The number of hydrogen-bond donors (Lipinski definition) is 1. The number of para-hydroxylation sites is 1. The number of thioether (sulfide) groups is 1. The lowest BCUT2D eigenvalue weighted by molar-refractivity contribution is -0.113. The highest BCUT2D eigenvalue weighted by atomic mass is 35.5. The van der Waals surface area contributed by atoms with Gasteiger partial charge in [-0.15, -0.1) is 20.4 Å². The van der Waals surface area contributed by atoms with E-state index < -0.39 is 0 Å². The third-order valence-electron chi connectivity index (χ3n) is 4.11. The molecule has 0 unspecified atom stereocenters. The maximum absolute atomic E-state index is 12.4. The van der Waals surface area contributed by atoms with Gasteiger partial charge in [-0.1, -0.05) is 84.1 Å². The second-order valence-electron chi connectivity index (χ2n) is 6.15. The summed E-state index contributed by atoms with van der Waals surface area (Å²) in [7, 11) is 0. The lowest BCUT2D eigenvalue weighted by Gasteiger charge is -2.11. The predicted molar refractivity (Wildman–Crippen MR) is 120 cm³/mol. The fourth-order valence-corrected chi connectivity index (χ4v) is 4.38. The van der Waals surface area contributed by atoms with E-state index in [-0.39, 0.29) is 11.7 Å². The van der Waals surface area contributed by atoms with Gasteiger partial charge in [-0.05, 0) is 18.6 Å². The number of nitrogens with one attached hydrogen (secondary N) is 1. The minimum absolute atomic E-state index is 0.151. The van der Waals surface area contributed by atoms with E-state index in [0.29, 0.717) is 21.1 Å². The summed E-state index contributed by atoms with van der Waals surface area (Å²) in [6, 6.07) is 17.2. The van der Waals surface area contributed by atoms with Crippen molar-refractivity contribution >= 4 is 45.7 Å². The summed E-state index contributed by atoms with van der Waals surface area (Å²) < 4.78 is 1.87. The van der Waals surface area contributed by atoms with Crippen LogP contribution in [0.25, 0.3) is 17.1 Å². The van der Waals surface area contributed by atoms with Crippen molar-refractivity contribution in [2.24, 2.45) is 0 Å². The third-order valence-corrected chi connectivity index (χ3v) is 6.34. The minimum atomic E-state index is -0.186. The van der Waals surface area contributed by atoms with E-state index in [0.717, 1.165) is 22.7 Å². The standard InChI is InChI=1S/C20H17ClN6OS2/c1-2-17-23-25-19(30-17)22-16(28)12-29-20-26-24-18(13-8-4-3-5-9-13)27(20)15-11-7-6-10-14(15)21/h3-11H,2,12H2,1H3,(H,22,25,28). The van der Waals surface area contributed by atoms with E-state index >= 15 is 0 Å². The molecule has 0 aliphatic carbocycles. The topological polar surface area (TPSA) is 85.6 Å². The molecule has 4 aromatic rings. The van der Waals surface area contributed by atoms with Gasteiger partial charge in [0.1, 0.15) is 5.01 Å². The monoisotopic (exact) mass is 456 g/mol. The first kappa shape index (κ1) is 20.5. The first-order chi connectivity index (χ1) is 14.7. The van der Waals surface area contributed by atoms with Gasteiger partial charge >= 0.3 is 0 Å². The summed E-state index contributed by atoms with van der Waals surface area (Å²) in [4.78, 5) is 12.4. The Hall–Kier alpha value is -2.75. The van der Waals surface area contributed by atoms with Crippen molar-refractivity contribution < 1.29 is 4.79 Å². The quantitative estimate of drug-likeness (QED) is 0.404. The maximum atomic E-state index is 12.4. The molecular formula is C20H17ClN6OS2. The zero-order valence-electron chi connectivity index (χ0n) is 15.9. The Kier molecular flexibility index (Phi) is 6.41. The molecule has 0 bridgehead atoms. The first-order valence-electron chi connectivity index (χ1n) is 9.16. The average molecular weight is 457 g/mol. The van der Waals surface area contributed by atoms with Gasteiger partial charge in [0, 0.05) is 5.56 Å². The molecule has 7 nitrogen and oxygen atoms in total. The summed E-state index contributed by atoms with van der Waals surface area (Å²) in [5.74, 6) is 0.621. The minimum Gasteiger partial charge on any atom is -0.300 e. The van der Waals surface area contributed by atoms with Gasteiger partial charge in [0.05, 0.1) is 16.5 Å². The van der Waals surface area contributed by atoms with Crippen LogP contribution in [0.4, 0.5) is 5.13 Å². The number of carbonyl (C=O) groups is 1. The van der Waals surface area contributed by atoms with Gasteiger partial charge in [0.25, 0.3) is 0 Å². The van der Waals surface area contributed by atoms with Crippen LogP contribution in [-0.4, -0.2) is 36.6 Å². The largest absolute Gasteiger partial charge is 0.300 e. The molecule has 1 N–H and O–H groups in total. The molecule has 4 rings (SSSR count). The van der Waals surface area contributed by atoms with E-state index in [1.807, 2.05) is 66.1 Å². The average Bonchev–Trinajstić information content (AvgIpc) is 3.40. The van der Waals surface area contributed by atoms with Crippen LogP contribution >= 0.6 is 34.7 Å². The van der Waals surface area contributed by atoms with Crippen LogP contribution in [0, 0.1) is 0 Å². The Bertz CT molecular complexity index is 1160. The molecule has 0 radical (unpaired) electrons. The molecule has 0 saturated heterocycles. The van der Waals surface area contributed by atoms with Gasteiger partial charge in [-0.3, -0.25) is 14.7 Å². The number of nitrogens with zero attached hydrogens (tertiary/aromatic N) is 5. The normalized spacial score (nSPS) is 10.9. The number of aromatic nitrogens is 5. The Morgan fingerprint density at radius 2 is 1.83 bits per heavy atom. The van der Waals surface area contributed by atoms with Crippen LogP contribution < -0.4 is 5.32 Å². The second-order valence-corrected chi connectivity index (χ2v) is 8.56. The molecule has 0 spiro atoms. The fourth-order valence-electron chi connectivity index (χ4n) is 2.72. The van der Waals surface area contributed by atoms with Gasteiger partial charge < -0.3 is 0 Å². The maximum Gasteiger partial charge on any atom is 0.236 e. The van der Waals surface area contributed by atoms with Crippen molar-refractivity contribution in [1.29, 1.82) is 0 Å². The van der Waals surface area contributed by atoms with E-state index in [1.165, 1.54) is 23.1 Å². The SMILES string of the molecule is CCc1nnc(NC(=O)CSc2nnc(-c3ccccc3)n2-c2ccccc2Cl)s1. The number of anilines is 1. The Balaban J connectivity index is 1.59. The van der Waals surface area contributed by atoms with E-state index in [2.05, 4.69) is 25.7 Å². The van der Waals surface area contributed by atoms with Crippen molar-refractivity contribution in [2.75, 3.05) is 11.1 Å². The van der Waals surface area contributed by atoms with Crippen molar-refractivity contribution in [3.8, 4) is 17.1 Å². The van der Waals surface area contributed by atoms with Crippen molar-refractivity contribution in [2.45, 2.75) is 18.5 Å². The van der Waals surface area contributed by atoms with Crippen LogP contribution in [-0.2, 0) is 11.2 Å². The van der Waals surface area contributed by atoms with E-state index in [1.54, 1.807) is 0 Å². The number of hydrogen-bond acceptors (Lipinski definition) is 7. The Labute approximate surface area is 186 Å². The lowest BCUT2D eigenvalue weighted by atomic mass is 10.2. The van der Waals surface area contributed by atoms with Crippen LogP contribution in [0.2, 0.25) is 5.02 Å². The lowest BCUT2D eigenvalue weighted by Crippen LogP contribution is -2.14. The zero-order chi connectivity index (χ0) is 20.9. The molecule has 2 aromatic heterocycles. The van der Waals surface area contributed by atoms with Gasteiger partial charge in [-0.2, -0.15) is 0 Å². The molecule has 152 valence electrons. The molecule has 1 amide bonds. The Morgan fingerprint density at radius 3 is 2.57 bits per heavy atom. The zero-order valence-corrected chi connectivity index (χ0v) is 18.3. The van der Waals surface area contributed by atoms with Gasteiger partial charge in [-0.25, -0.2) is 0 Å². The number of aryl methyl sites for hydroxylation is 1. The highest BCUT2D eigenvalue weighted by Crippen LogP contribution is 2.31. The number of amides is 1. The molecule has 0 aliphatic rings. The molecule has 2 heterocycles. The summed E-state index contributed by atoms with van der Waals surface area (Å²) >= 11 is 9.11. The Morgan fingerprint density at radius 1 is 1.07 bits per heavy atom. The molecule has 0 saturated carbocycles. The molecule has 0 atom stereocenters. The van der Waals surface area contributed by atoms with Gasteiger partial charge in [0.2, 0.25) is 11.0 Å². The highest BCUT2D eigenvalue weighted by molar-refractivity contribution is 7.99. The fraction of sp³-hybridized carbons (Fsp3) is 0.150. The van der Waals surface area contributed by atoms with Crippen molar-refractivity contribution in [1.82, 2.24) is 25.0 Å². The number of benzene rings is 2. The van der Waals surface area contributed by atoms with Crippen molar-refractivity contribution in [3.63, 3.8) is 0 Å². The summed E-state index contributed by atoms with van der Waals surface area (Å²) in [6.45, 7) is 1.99. The molecule has 0 fully saturated rings. The number of rotatable bonds is 7. The van der Waals surface area contributed by atoms with E-state index in [9.17, 15) is 4.79 Å². The molecule has 2 aromatic carbocycles. The molecule has 30 heavy (non-hydrogen) atoms.